The van der Waals surface area contributed by atoms with Gasteiger partial charge in [-0.3, -0.25) is 4.98 Å². The van der Waals surface area contributed by atoms with Crippen LogP contribution in [0, 0.1) is 6.92 Å². The molecule has 4 heteroatoms. The van der Waals surface area contributed by atoms with E-state index in [0.717, 1.165) is 53.8 Å². The van der Waals surface area contributed by atoms with E-state index >= 15 is 0 Å². The van der Waals surface area contributed by atoms with E-state index in [9.17, 15) is 0 Å². The van der Waals surface area contributed by atoms with E-state index in [-0.39, 0.29) is 6.61 Å². The molecule has 0 bridgehead atoms. The molecule has 20 heavy (non-hydrogen) atoms. The molecule has 2 aromatic rings. The average Bonchev–Trinajstić information content (AvgIpc) is 2.46. The molecule has 0 atom stereocenters. The summed E-state index contributed by atoms with van der Waals surface area (Å²) in [7, 11) is 1.67. The second-order valence-electron chi connectivity index (χ2n) is 4.91. The van der Waals surface area contributed by atoms with Gasteiger partial charge in [0, 0.05) is 29.9 Å². The van der Waals surface area contributed by atoms with Crippen LogP contribution in [0.15, 0.2) is 24.3 Å². The van der Waals surface area contributed by atoms with Crippen molar-refractivity contribution in [3.05, 3.63) is 30.0 Å². The van der Waals surface area contributed by atoms with Crippen LogP contribution in [0.4, 0.5) is 5.69 Å². The van der Waals surface area contributed by atoms with Crippen molar-refractivity contribution in [1.82, 2.24) is 4.98 Å². The Morgan fingerprint density at radius 2 is 2.05 bits per heavy atom. The molecule has 4 nitrogen and oxygen atoms in total. The van der Waals surface area contributed by atoms with E-state index in [1.54, 1.807) is 7.11 Å². The third-order valence-electron chi connectivity index (χ3n) is 3.29. The highest BCUT2D eigenvalue weighted by Crippen LogP contribution is 2.27. The number of rotatable bonds is 7. The number of nitrogens with zero attached hydrogens (tertiary/aromatic N) is 1. The largest absolute Gasteiger partial charge is 0.497 e. The first kappa shape index (κ1) is 14.6. The zero-order chi connectivity index (χ0) is 14.4. The molecule has 0 radical (unpaired) electrons. The third kappa shape index (κ3) is 3.61. The molecule has 0 amide bonds. The van der Waals surface area contributed by atoms with Crippen molar-refractivity contribution in [3.63, 3.8) is 0 Å². The van der Waals surface area contributed by atoms with Gasteiger partial charge in [0.25, 0.3) is 0 Å². The Hall–Kier alpha value is -1.81. The number of aryl methyl sites for hydroxylation is 1. The lowest BCUT2D eigenvalue weighted by molar-refractivity contribution is 0.283. The molecule has 0 aliphatic heterocycles. The maximum absolute atomic E-state index is 8.78. The van der Waals surface area contributed by atoms with E-state index in [1.807, 2.05) is 25.1 Å². The first-order chi connectivity index (χ1) is 9.74. The predicted molar refractivity (Wildman–Crippen MR) is 82.5 cm³/mol. The fourth-order valence-corrected chi connectivity index (χ4v) is 2.25. The summed E-state index contributed by atoms with van der Waals surface area (Å²) >= 11 is 0. The van der Waals surface area contributed by atoms with Gasteiger partial charge in [-0.05, 0) is 50.5 Å². The van der Waals surface area contributed by atoms with Gasteiger partial charge >= 0.3 is 0 Å². The molecule has 0 aliphatic rings. The van der Waals surface area contributed by atoms with Crippen molar-refractivity contribution >= 4 is 16.6 Å². The Morgan fingerprint density at radius 3 is 2.80 bits per heavy atom. The van der Waals surface area contributed by atoms with Crippen molar-refractivity contribution < 1.29 is 9.84 Å². The van der Waals surface area contributed by atoms with Crippen molar-refractivity contribution in [2.24, 2.45) is 0 Å². The number of methoxy groups -OCH3 is 1. The Kier molecular flexibility index (Phi) is 5.18. The number of aromatic nitrogens is 1. The maximum Gasteiger partial charge on any atom is 0.119 e. The Bertz CT molecular complexity index is 570. The van der Waals surface area contributed by atoms with Crippen LogP contribution in [-0.2, 0) is 0 Å². The molecular weight excluding hydrogens is 252 g/mol. The summed E-state index contributed by atoms with van der Waals surface area (Å²) in [5.41, 5.74) is 3.07. The molecular formula is C16H22N2O2. The molecule has 0 aliphatic carbocycles. The smallest absolute Gasteiger partial charge is 0.119 e. The first-order valence-electron chi connectivity index (χ1n) is 7.04. The molecule has 1 heterocycles. The van der Waals surface area contributed by atoms with Crippen LogP contribution in [0.3, 0.4) is 0 Å². The van der Waals surface area contributed by atoms with Crippen molar-refractivity contribution in [1.29, 1.82) is 0 Å². The van der Waals surface area contributed by atoms with Crippen LogP contribution in [0.2, 0.25) is 0 Å². The van der Waals surface area contributed by atoms with Crippen LogP contribution in [0.1, 0.15) is 25.0 Å². The molecule has 0 saturated heterocycles. The minimum Gasteiger partial charge on any atom is -0.497 e. The van der Waals surface area contributed by atoms with E-state index in [4.69, 9.17) is 9.84 Å². The molecule has 0 spiro atoms. The Morgan fingerprint density at radius 1 is 1.20 bits per heavy atom. The van der Waals surface area contributed by atoms with E-state index in [2.05, 4.69) is 16.4 Å². The molecule has 108 valence electrons. The normalized spacial score (nSPS) is 10.8. The summed E-state index contributed by atoms with van der Waals surface area (Å²) in [6, 6.07) is 7.99. The summed E-state index contributed by atoms with van der Waals surface area (Å²) in [4.78, 5) is 4.54. The van der Waals surface area contributed by atoms with Gasteiger partial charge in [-0.2, -0.15) is 0 Å². The second kappa shape index (κ2) is 7.10. The molecule has 2 N–H and O–H groups in total. The maximum atomic E-state index is 8.78. The van der Waals surface area contributed by atoms with Gasteiger partial charge in [0.2, 0.25) is 0 Å². The summed E-state index contributed by atoms with van der Waals surface area (Å²) < 4.78 is 5.28. The lowest BCUT2D eigenvalue weighted by atomic mass is 10.1. The van der Waals surface area contributed by atoms with E-state index in [0.29, 0.717) is 0 Å². The van der Waals surface area contributed by atoms with Crippen LogP contribution in [-0.4, -0.2) is 30.4 Å². The number of fused-ring (bicyclic) bond motifs is 1. The van der Waals surface area contributed by atoms with E-state index < -0.39 is 0 Å². The number of aliphatic hydroxyl groups is 1. The number of aliphatic hydroxyl groups excluding tert-OH is 1. The zero-order valence-electron chi connectivity index (χ0n) is 12.1. The second-order valence-corrected chi connectivity index (χ2v) is 4.91. The molecule has 1 aromatic heterocycles. The highest BCUT2D eigenvalue weighted by atomic mass is 16.5. The summed E-state index contributed by atoms with van der Waals surface area (Å²) in [6.07, 6.45) is 2.95. The SMILES string of the molecule is COc1ccc2nc(C)cc(NCCCCCO)c2c1. The predicted octanol–water partition coefficient (Wildman–Crippen LogP) is 3.13. The third-order valence-corrected chi connectivity index (χ3v) is 3.29. The van der Waals surface area contributed by atoms with Crippen molar-refractivity contribution in [2.75, 3.05) is 25.6 Å². The number of benzene rings is 1. The van der Waals surface area contributed by atoms with E-state index in [1.165, 1.54) is 0 Å². The van der Waals surface area contributed by atoms with Crippen molar-refractivity contribution in [3.8, 4) is 5.75 Å². The number of ether oxygens (including phenoxy) is 1. The van der Waals surface area contributed by atoms with Gasteiger partial charge in [-0.15, -0.1) is 0 Å². The number of pyridine rings is 1. The average molecular weight is 274 g/mol. The number of unbranched alkanes of at least 4 members (excludes halogenated alkanes) is 2. The molecule has 0 unspecified atom stereocenters. The van der Waals surface area contributed by atoms with Gasteiger partial charge in [0.15, 0.2) is 0 Å². The summed E-state index contributed by atoms with van der Waals surface area (Å²) in [5, 5.41) is 13.3. The highest BCUT2D eigenvalue weighted by Gasteiger charge is 2.05. The number of anilines is 1. The monoisotopic (exact) mass is 274 g/mol. The van der Waals surface area contributed by atoms with Gasteiger partial charge in [0.05, 0.1) is 12.6 Å². The minimum absolute atomic E-state index is 0.272. The first-order valence-corrected chi connectivity index (χ1v) is 7.04. The summed E-state index contributed by atoms with van der Waals surface area (Å²) in [6.45, 7) is 3.17. The van der Waals surface area contributed by atoms with Crippen LogP contribution < -0.4 is 10.1 Å². The van der Waals surface area contributed by atoms with Gasteiger partial charge in [0.1, 0.15) is 5.75 Å². The highest BCUT2D eigenvalue weighted by molar-refractivity contribution is 5.92. The molecule has 1 aromatic carbocycles. The van der Waals surface area contributed by atoms with Gasteiger partial charge in [-0.1, -0.05) is 0 Å². The lowest BCUT2D eigenvalue weighted by Crippen LogP contribution is -2.03. The molecule has 0 saturated carbocycles. The van der Waals surface area contributed by atoms with Crippen LogP contribution >= 0.6 is 0 Å². The minimum atomic E-state index is 0.272. The van der Waals surface area contributed by atoms with Gasteiger partial charge < -0.3 is 15.2 Å². The Balaban J connectivity index is 2.17. The fourth-order valence-electron chi connectivity index (χ4n) is 2.25. The number of hydrogen-bond donors (Lipinski definition) is 2. The van der Waals surface area contributed by atoms with Crippen LogP contribution in [0.25, 0.3) is 10.9 Å². The number of nitrogens with one attached hydrogen (secondary N) is 1. The topological polar surface area (TPSA) is 54.4 Å². The quantitative estimate of drug-likeness (QED) is 0.762. The number of hydrogen-bond acceptors (Lipinski definition) is 4. The fraction of sp³-hybridized carbons (Fsp3) is 0.438. The van der Waals surface area contributed by atoms with Gasteiger partial charge in [-0.25, -0.2) is 0 Å². The molecule has 0 fully saturated rings. The molecule has 2 rings (SSSR count). The van der Waals surface area contributed by atoms with Crippen molar-refractivity contribution in [2.45, 2.75) is 26.2 Å². The zero-order valence-corrected chi connectivity index (χ0v) is 12.1. The van der Waals surface area contributed by atoms with Crippen LogP contribution in [0.5, 0.6) is 5.75 Å². The Labute approximate surface area is 119 Å². The standard InChI is InChI=1S/C16H22N2O2/c1-12-10-16(17-8-4-3-5-9-19)14-11-13(20-2)6-7-15(14)18-12/h6-7,10-11,19H,3-5,8-9H2,1-2H3,(H,17,18). The summed E-state index contributed by atoms with van der Waals surface area (Å²) in [5.74, 6) is 0.839. The lowest BCUT2D eigenvalue weighted by Gasteiger charge is -2.11.